The van der Waals surface area contributed by atoms with E-state index in [4.69, 9.17) is 0 Å². The van der Waals surface area contributed by atoms with Crippen molar-refractivity contribution in [3.05, 3.63) is 82.9 Å². The van der Waals surface area contributed by atoms with Gasteiger partial charge in [-0.05, 0) is 40.8 Å². The molecule has 0 aliphatic carbocycles. The normalized spacial score (nSPS) is 11.0. The minimum atomic E-state index is 0.772. The van der Waals surface area contributed by atoms with Crippen LogP contribution in [-0.2, 0) is 16.0 Å². The number of benzene rings is 2. The Morgan fingerprint density at radius 2 is 1.00 bits per heavy atom. The molecule has 2 rings (SSSR count). The van der Waals surface area contributed by atoms with E-state index in [9.17, 15) is 9.59 Å². The van der Waals surface area contributed by atoms with Crippen molar-refractivity contribution in [1.82, 2.24) is 0 Å². The number of hydrogen-bond acceptors (Lipinski definition) is 2. The minimum Gasteiger partial charge on any atom is -0.299 e. The molecule has 0 aromatic heterocycles. The summed E-state index contributed by atoms with van der Waals surface area (Å²) in [5.74, 6) is 0. The highest BCUT2D eigenvalue weighted by Crippen LogP contribution is 2.13. The molecule has 2 aromatic rings. The van der Waals surface area contributed by atoms with Gasteiger partial charge in [0.1, 0.15) is 12.6 Å². The van der Waals surface area contributed by atoms with Crippen molar-refractivity contribution in [3.63, 3.8) is 0 Å². The molecule has 0 amide bonds. The predicted octanol–water partition coefficient (Wildman–Crippen LogP) is 3.70. The first-order chi connectivity index (χ1) is 10.3. The summed E-state index contributed by atoms with van der Waals surface area (Å²) in [6.07, 6.45) is 8.94. The van der Waals surface area contributed by atoms with Gasteiger partial charge in [0.05, 0.1) is 0 Å². The van der Waals surface area contributed by atoms with E-state index < -0.39 is 0 Å². The van der Waals surface area contributed by atoms with Crippen LogP contribution in [0, 0.1) is 0 Å². The van der Waals surface area contributed by atoms with Gasteiger partial charge >= 0.3 is 0 Å². The molecule has 0 aliphatic rings. The van der Waals surface area contributed by atoms with E-state index in [-0.39, 0.29) is 0 Å². The summed E-state index contributed by atoms with van der Waals surface area (Å²) < 4.78 is 0. The smallest absolute Gasteiger partial charge is 0.142 e. The SMILES string of the molecule is O=CC=Cc1ccc(Cc2ccc(C=CC=O)cc2)cc1. The average Bonchev–Trinajstić information content (AvgIpc) is 2.53. The zero-order valence-electron chi connectivity index (χ0n) is 11.6. The highest BCUT2D eigenvalue weighted by molar-refractivity contribution is 5.74. The predicted molar refractivity (Wildman–Crippen MR) is 85.9 cm³/mol. The number of carbonyl (C=O) groups excluding carboxylic acids is 2. The molecule has 2 nitrogen and oxygen atoms in total. The molecule has 0 saturated carbocycles. The second kappa shape index (κ2) is 7.75. The number of carbonyl (C=O) groups is 2. The highest BCUT2D eigenvalue weighted by Gasteiger charge is 1.97. The van der Waals surface area contributed by atoms with E-state index in [1.165, 1.54) is 23.3 Å². The summed E-state index contributed by atoms with van der Waals surface area (Å²) in [4.78, 5) is 20.5. The van der Waals surface area contributed by atoms with Crippen LogP contribution in [0.5, 0.6) is 0 Å². The molecule has 0 bridgehead atoms. The second-order valence-corrected chi connectivity index (χ2v) is 4.65. The van der Waals surface area contributed by atoms with Crippen LogP contribution in [0.15, 0.2) is 60.7 Å². The molecule has 0 radical (unpaired) electrons. The van der Waals surface area contributed by atoms with Gasteiger partial charge < -0.3 is 0 Å². The standard InChI is InChI=1S/C19H16O2/c20-13-1-3-16-5-9-18(10-6-16)15-19-11-7-17(8-12-19)4-2-14-21/h1-14H,15H2. The zero-order chi connectivity index (χ0) is 14.9. The van der Waals surface area contributed by atoms with E-state index in [1.807, 2.05) is 24.3 Å². The summed E-state index contributed by atoms with van der Waals surface area (Å²) >= 11 is 0. The molecule has 21 heavy (non-hydrogen) atoms. The average molecular weight is 276 g/mol. The Hall–Kier alpha value is -2.74. The van der Waals surface area contributed by atoms with Crippen molar-refractivity contribution >= 4 is 24.7 Å². The Labute approximate surface area is 124 Å². The van der Waals surface area contributed by atoms with Crippen molar-refractivity contribution < 1.29 is 9.59 Å². The lowest BCUT2D eigenvalue weighted by molar-refractivity contribution is -0.104. The van der Waals surface area contributed by atoms with E-state index in [1.54, 1.807) is 12.2 Å². The number of allylic oxidation sites excluding steroid dienone is 2. The largest absolute Gasteiger partial charge is 0.299 e. The van der Waals surface area contributed by atoms with Gasteiger partial charge in [0.25, 0.3) is 0 Å². The molecule has 104 valence electrons. The summed E-state index contributed by atoms with van der Waals surface area (Å²) in [7, 11) is 0. The summed E-state index contributed by atoms with van der Waals surface area (Å²) in [6, 6.07) is 16.2. The Kier molecular flexibility index (Phi) is 5.41. The van der Waals surface area contributed by atoms with Gasteiger partial charge in [0, 0.05) is 0 Å². The number of hydrogen-bond donors (Lipinski definition) is 0. The van der Waals surface area contributed by atoms with Gasteiger partial charge in [-0.1, -0.05) is 60.7 Å². The van der Waals surface area contributed by atoms with E-state index in [2.05, 4.69) is 24.3 Å². The van der Waals surface area contributed by atoms with Crippen LogP contribution in [0.4, 0.5) is 0 Å². The fourth-order valence-corrected chi connectivity index (χ4v) is 2.03. The molecule has 2 heteroatoms. The van der Waals surface area contributed by atoms with Crippen LogP contribution >= 0.6 is 0 Å². The van der Waals surface area contributed by atoms with Crippen molar-refractivity contribution in [2.24, 2.45) is 0 Å². The maximum atomic E-state index is 10.3. The van der Waals surface area contributed by atoms with Gasteiger partial charge in [0.15, 0.2) is 0 Å². The lowest BCUT2D eigenvalue weighted by atomic mass is 10.0. The van der Waals surface area contributed by atoms with Crippen LogP contribution < -0.4 is 0 Å². The second-order valence-electron chi connectivity index (χ2n) is 4.65. The van der Waals surface area contributed by atoms with E-state index >= 15 is 0 Å². The van der Waals surface area contributed by atoms with Crippen LogP contribution in [0.3, 0.4) is 0 Å². The third-order valence-corrected chi connectivity index (χ3v) is 3.10. The Balaban J connectivity index is 2.04. The monoisotopic (exact) mass is 276 g/mol. The quantitative estimate of drug-likeness (QED) is 0.595. The van der Waals surface area contributed by atoms with Crippen molar-refractivity contribution in [3.8, 4) is 0 Å². The van der Waals surface area contributed by atoms with E-state index in [0.29, 0.717) is 0 Å². The maximum Gasteiger partial charge on any atom is 0.142 e. The Bertz CT molecular complexity index is 587. The third-order valence-electron chi connectivity index (χ3n) is 3.10. The lowest BCUT2D eigenvalue weighted by Crippen LogP contribution is -1.88. The molecule has 0 atom stereocenters. The minimum absolute atomic E-state index is 0.772. The first-order valence-electron chi connectivity index (χ1n) is 6.73. The molecule has 0 fully saturated rings. The van der Waals surface area contributed by atoms with Crippen LogP contribution in [0.2, 0.25) is 0 Å². The molecule has 0 heterocycles. The summed E-state index contributed by atoms with van der Waals surface area (Å²) in [5, 5.41) is 0. The topological polar surface area (TPSA) is 34.1 Å². The van der Waals surface area contributed by atoms with Gasteiger partial charge in [-0.3, -0.25) is 9.59 Å². The van der Waals surface area contributed by atoms with Gasteiger partial charge in [-0.2, -0.15) is 0 Å². The summed E-state index contributed by atoms with van der Waals surface area (Å²) in [5.41, 5.74) is 4.46. The molecular formula is C19H16O2. The van der Waals surface area contributed by atoms with Crippen LogP contribution in [-0.4, -0.2) is 12.6 Å². The van der Waals surface area contributed by atoms with Gasteiger partial charge in [0.2, 0.25) is 0 Å². The molecule has 0 saturated heterocycles. The van der Waals surface area contributed by atoms with Gasteiger partial charge in [-0.25, -0.2) is 0 Å². The molecule has 0 aliphatic heterocycles. The molecular weight excluding hydrogens is 260 g/mol. The fraction of sp³-hybridized carbons (Fsp3) is 0.0526. The third kappa shape index (κ3) is 4.69. The van der Waals surface area contributed by atoms with Crippen LogP contribution in [0.25, 0.3) is 12.2 Å². The first kappa shape index (κ1) is 14.7. The molecule has 0 N–H and O–H groups in total. The highest BCUT2D eigenvalue weighted by atomic mass is 16.1. The maximum absolute atomic E-state index is 10.3. The number of rotatable bonds is 6. The van der Waals surface area contributed by atoms with Crippen molar-refractivity contribution in [2.45, 2.75) is 6.42 Å². The molecule has 0 spiro atoms. The zero-order valence-corrected chi connectivity index (χ0v) is 11.6. The first-order valence-corrected chi connectivity index (χ1v) is 6.73. The van der Waals surface area contributed by atoms with Crippen molar-refractivity contribution in [2.75, 3.05) is 0 Å². The lowest BCUT2D eigenvalue weighted by Gasteiger charge is -2.03. The number of aldehydes is 2. The summed E-state index contributed by atoms with van der Waals surface area (Å²) in [6.45, 7) is 0. The molecule has 2 aromatic carbocycles. The fourth-order valence-electron chi connectivity index (χ4n) is 2.03. The Morgan fingerprint density at radius 3 is 1.33 bits per heavy atom. The van der Waals surface area contributed by atoms with Crippen molar-refractivity contribution in [1.29, 1.82) is 0 Å². The van der Waals surface area contributed by atoms with E-state index in [0.717, 1.165) is 30.1 Å². The van der Waals surface area contributed by atoms with Crippen LogP contribution in [0.1, 0.15) is 22.3 Å². The Morgan fingerprint density at radius 1 is 0.619 bits per heavy atom. The molecule has 0 unspecified atom stereocenters. The van der Waals surface area contributed by atoms with Gasteiger partial charge in [-0.15, -0.1) is 0 Å².